The second-order valence-electron chi connectivity index (χ2n) is 5.51. The molecule has 0 aliphatic rings. The van der Waals surface area contributed by atoms with Gasteiger partial charge in [-0.2, -0.15) is 0 Å². The lowest BCUT2D eigenvalue weighted by Gasteiger charge is -2.07. The summed E-state index contributed by atoms with van der Waals surface area (Å²) < 4.78 is 35.9. The smallest absolute Gasteiger partial charge is 0.229 e. The van der Waals surface area contributed by atoms with Gasteiger partial charge in [0.15, 0.2) is 0 Å². The number of rotatable bonds is 7. The lowest BCUT2D eigenvalue weighted by atomic mass is 10.2. The maximum Gasteiger partial charge on any atom is 0.229 e. The van der Waals surface area contributed by atoms with E-state index in [9.17, 15) is 8.42 Å². The van der Waals surface area contributed by atoms with Crippen molar-refractivity contribution < 1.29 is 17.6 Å². The summed E-state index contributed by atoms with van der Waals surface area (Å²) in [7, 11) is -3.27. The van der Waals surface area contributed by atoms with E-state index in [4.69, 9.17) is 9.15 Å². The molecule has 130 valence electrons. The van der Waals surface area contributed by atoms with Crippen molar-refractivity contribution in [3.8, 4) is 17.2 Å². The van der Waals surface area contributed by atoms with Gasteiger partial charge in [0, 0.05) is 17.7 Å². The lowest BCUT2D eigenvalue weighted by Crippen LogP contribution is -2.09. The first-order valence-electron chi connectivity index (χ1n) is 7.70. The average molecular weight is 358 g/mol. The zero-order valence-electron chi connectivity index (χ0n) is 13.7. The molecule has 0 fully saturated rings. The fraction of sp³-hybridized carbons (Fsp3) is 0.167. The Labute approximate surface area is 146 Å². The number of benzene rings is 2. The number of oxazole rings is 1. The van der Waals surface area contributed by atoms with Crippen LogP contribution in [0.3, 0.4) is 0 Å². The van der Waals surface area contributed by atoms with Crippen LogP contribution < -0.4 is 9.46 Å². The number of anilines is 1. The molecule has 0 aliphatic carbocycles. The van der Waals surface area contributed by atoms with E-state index in [1.165, 1.54) is 0 Å². The summed E-state index contributed by atoms with van der Waals surface area (Å²) in [4.78, 5) is 4.44. The predicted molar refractivity (Wildman–Crippen MR) is 96.0 cm³/mol. The standard InChI is InChI=1S/C18H18N2O4S/c1-25(21,22)20-15-7-9-17(10-8-15)23-12-11-16-13-24-18(19-16)14-5-3-2-4-6-14/h2-10,13,20H,11-12H2,1H3. The number of nitrogens with one attached hydrogen (secondary N) is 1. The zero-order valence-corrected chi connectivity index (χ0v) is 14.5. The van der Waals surface area contributed by atoms with Crippen molar-refractivity contribution in [1.82, 2.24) is 4.98 Å². The van der Waals surface area contributed by atoms with Crippen LogP contribution in [0.25, 0.3) is 11.5 Å². The van der Waals surface area contributed by atoms with Crippen molar-refractivity contribution in [2.24, 2.45) is 0 Å². The molecule has 7 heteroatoms. The molecular weight excluding hydrogens is 340 g/mol. The maximum atomic E-state index is 11.2. The van der Waals surface area contributed by atoms with Crippen LogP contribution in [0.1, 0.15) is 5.69 Å². The number of aromatic nitrogens is 1. The van der Waals surface area contributed by atoms with Crippen molar-refractivity contribution in [1.29, 1.82) is 0 Å². The van der Waals surface area contributed by atoms with Crippen molar-refractivity contribution >= 4 is 15.7 Å². The fourth-order valence-corrected chi connectivity index (χ4v) is 2.81. The molecule has 0 bridgehead atoms. The molecule has 0 saturated heterocycles. The van der Waals surface area contributed by atoms with Crippen LogP contribution in [0, 0.1) is 0 Å². The van der Waals surface area contributed by atoms with E-state index in [1.807, 2.05) is 30.3 Å². The summed E-state index contributed by atoms with van der Waals surface area (Å²) in [6, 6.07) is 16.4. The molecule has 0 amide bonds. The predicted octanol–water partition coefficient (Wildman–Crippen LogP) is 3.33. The second kappa shape index (κ2) is 7.40. The highest BCUT2D eigenvalue weighted by atomic mass is 32.2. The van der Waals surface area contributed by atoms with Crippen LogP contribution >= 0.6 is 0 Å². The van der Waals surface area contributed by atoms with Gasteiger partial charge in [-0.1, -0.05) is 18.2 Å². The Bertz CT molecular complexity index is 919. The molecule has 0 atom stereocenters. The van der Waals surface area contributed by atoms with Crippen molar-refractivity contribution in [3.63, 3.8) is 0 Å². The molecule has 1 aromatic heterocycles. The Balaban J connectivity index is 1.52. The SMILES string of the molecule is CS(=O)(=O)Nc1ccc(OCCc2coc(-c3ccccc3)n2)cc1. The third-order valence-electron chi connectivity index (χ3n) is 3.36. The Morgan fingerprint density at radius 3 is 2.48 bits per heavy atom. The van der Waals surface area contributed by atoms with E-state index in [-0.39, 0.29) is 0 Å². The highest BCUT2D eigenvalue weighted by Crippen LogP contribution is 2.19. The molecule has 0 aliphatic heterocycles. The maximum absolute atomic E-state index is 11.2. The van der Waals surface area contributed by atoms with Gasteiger partial charge in [0.1, 0.15) is 12.0 Å². The highest BCUT2D eigenvalue weighted by Gasteiger charge is 2.06. The third-order valence-corrected chi connectivity index (χ3v) is 3.96. The van der Waals surface area contributed by atoms with Gasteiger partial charge < -0.3 is 9.15 Å². The summed E-state index contributed by atoms with van der Waals surface area (Å²) in [5.41, 5.74) is 2.25. The first-order valence-corrected chi connectivity index (χ1v) is 9.59. The van der Waals surface area contributed by atoms with Crippen molar-refractivity contribution in [3.05, 3.63) is 66.6 Å². The summed E-state index contributed by atoms with van der Waals surface area (Å²) in [6.07, 6.45) is 3.35. The van der Waals surface area contributed by atoms with Gasteiger partial charge in [-0.3, -0.25) is 4.72 Å². The number of hydrogen-bond donors (Lipinski definition) is 1. The Kier molecular flexibility index (Phi) is 5.04. The average Bonchev–Trinajstić information content (AvgIpc) is 3.05. The van der Waals surface area contributed by atoms with E-state index in [0.29, 0.717) is 30.4 Å². The van der Waals surface area contributed by atoms with Gasteiger partial charge >= 0.3 is 0 Å². The number of ether oxygens (including phenoxy) is 1. The molecule has 0 radical (unpaired) electrons. The largest absolute Gasteiger partial charge is 0.493 e. The third kappa shape index (κ3) is 5.09. The van der Waals surface area contributed by atoms with E-state index < -0.39 is 10.0 Å². The summed E-state index contributed by atoms with van der Waals surface area (Å²) in [6.45, 7) is 0.444. The summed E-state index contributed by atoms with van der Waals surface area (Å²) in [5.74, 6) is 1.25. The van der Waals surface area contributed by atoms with E-state index in [1.54, 1.807) is 30.5 Å². The first kappa shape index (κ1) is 17.0. The Hall–Kier alpha value is -2.80. The van der Waals surface area contributed by atoms with Crippen molar-refractivity contribution in [2.75, 3.05) is 17.6 Å². The van der Waals surface area contributed by atoms with Gasteiger partial charge in [-0.25, -0.2) is 13.4 Å². The number of sulfonamides is 1. The van der Waals surface area contributed by atoms with Crippen LogP contribution in [0.4, 0.5) is 5.69 Å². The van der Waals surface area contributed by atoms with Gasteiger partial charge in [0.05, 0.1) is 18.6 Å². The molecule has 3 rings (SSSR count). The molecule has 25 heavy (non-hydrogen) atoms. The molecule has 6 nitrogen and oxygen atoms in total. The van der Waals surface area contributed by atoms with Crippen LogP contribution in [-0.4, -0.2) is 26.3 Å². The Morgan fingerprint density at radius 2 is 1.80 bits per heavy atom. The molecular formula is C18H18N2O4S. The molecule has 0 unspecified atom stereocenters. The fourth-order valence-electron chi connectivity index (χ4n) is 2.24. The van der Waals surface area contributed by atoms with Crippen molar-refractivity contribution in [2.45, 2.75) is 6.42 Å². The minimum Gasteiger partial charge on any atom is -0.493 e. The van der Waals surface area contributed by atoms with E-state index in [2.05, 4.69) is 9.71 Å². The molecule has 1 heterocycles. The number of nitrogens with zero attached hydrogens (tertiary/aromatic N) is 1. The van der Waals surface area contributed by atoms with Crippen LogP contribution in [-0.2, 0) is 16.4 Å². The van der Waals surface area contributed by atoms with Crippen LogP contribution in [0.2, 0.25) is 0 Å². The van der Waals surface area contributed by atoms with Gasteiger partial charge in [0.25, 0.3) is 0 Å². The zero-order chi connectivity index (χ0) is 17.7. The molecule has 0 spiro atoms. The van der Waals surface area contributed by atoms with E-state index in [0.717, 1.165) is 17.5 Å². The normalized spacial score (nSPS) is 11.2. The molecule has 1 N–H and O–H groups in total. The quantitative estimate of drug-likeness (QED) is 0.700. The second-order valence-corrected chi connectivity index (χ2v) is 7.26. The number of hydrogen-bond acceptors (Lipinski definition) is 5. The van der Waals surface area contributed by atoms with Crippen LogP contribution in [0.15, 0.2) is 65.3 Å². The minimum atomic E-state index is -3.27. The van der Waals surface area contributed by atoms with E-state index >= 15 is 0 Å². The minimum absolute atomic E-state index is 0.444. The Morgan fingerprint density at radius 1 is 1.08 bits per heavy atom. The highest BCUT2D eigenvalue weighted by molar-refractivity contribution is 7.92. The first-order chi connectivity index (χ1) is 12.0. The summed E-state index contributed by atoms with van der Waals surface area (Å²) in [5, 5.41) is 0. The topological polar surface area (TPSA) is 81.4 Å². The van der Waals surface area contributed by atoms with Gasteiger partial charge in [0.2, 0.25) is 15.9 Å². The molecule has 0 saturated carbocycles. The molecule has 3 aromatic rings. The monoisotopic (exact) mass is 358 g/mol. The lowest BCUT2D eigenvalue weighted by molar-refractivity contribution is 0.320. The van der Waals surface area contributed by atoms with Gasteiger partial charge in [-0.15, -0.1) is 0 Å². The van der Waals surface area contributed by atoms with Gasteiger partial charge in [-0.05, 0) is 36.4 Å². The van der Waals surface area contributed by atoms with Crippen LogP contribution in [0.5, 0.6) is 5.75 Å². The summed E-state index contributed by atoms with van der Waals surface area (Å²) >= 11 is 0. The molecule has 2 aromatic carbocycles.